The van der Waals surface area contributed by atoms with Crippen LogP contribution in [0.15, 0.2) is 0 Å². The Hall–Kier alpha value is -0.570. The first kappa shape index (κ1) is 10.4. The molecule has 3 heteroatoms. The summed E-state index contributed by atoms with van der Waals surface area (Å²) < 4.78 is 5.03. The predicted octanol–water partition coefficient (Wildman–Crippen LogP) is 0.890. The minimum absolute atomic E-state index is 0.00236. The average molecular weight is 159 g/mol. The van der Waals surface area contributed by atoms with E-state index >= 15 is 0 Å². The van der Waals surface area contributed by atoms with Crippen molar-refractivity contribution < 1.29 is 9.53 Å². The van der Waals surface area contributed by atoms with Gasteiger partial charge in [0.2, 0.25) is 0 Å². The molecule has 0 aromatic rings. The van der Waals surface area contributed by atoms with Gasteiger partial charge < -0.3 is 9.64 Å². The topological polar surface area (TPSA) is 29.5 Å². The molecule has 0 aromatic carbocycles. The maximum Gasteiger partial charge on any atom is 0.305 e. The lowest BCUT2D eigenvalue weighted by Crippen LogP contribution is -2.27. The fourth-order valence-electron chi connectivity index (χ4n) is 0.859. The molecule has 0 amide bonds. The summed E-state index contributed by atoms with van der Waals surface area (Å²) >= 11 is 0. The molecule has 0 saturated heterocycles. The minimum atomic E-state index is -0.126. The zero-order chi connectivity index (χ0) is 8.85. The van der Waals surface area contributed by atoms with E-state index in [0.717, 1.165) is 6.54 Å². The maximum atomic E-state index is 10.8. The summed E-state index contributed by atoms with van der Waals surface area (Å²) in [5.41, 5.74) is 0. The van der Waals surface area contributed by atoms with Crippen molar-refractivity contribution in [2.75, 3.05) is 20.6 Å². The van der Waals surface area contributed by atoms with E-state index in [1.165, 1.54) is 0 Å². The normalized spacial score (nSPS) is 13.2. The van der Waals surface area contributed by atoms with Gasteiger partial charge in [0.05, 0.1) is 0 Å². The summed E-state index contributed by atoms with van der Waals surface area (Å²) in [7, 11) is 3.91. The van der Waals surface area contributed by atoms with Crippen LogP contribution in [0.2, 0.25) is 0 Å². The van der Waals surface area contributed by atoms with Crippen molar-refractivity contribution in [2.45, 2.75) is 26.4 Å². The molecule has 3 nitrogen and oxygen atoms in total. The van der Waals surface area contributed by atoms with Crippen molar-refractivity contribution >= 4 is 5.97 Å². The van der Waals surface area contributed by atoms with Gasteiger partial charge in [-0.15, -0.1) is 0 Å². The van der Waals surface area contributed by atoms with Crippen molar-refractivity contribution in [2.24, 2.45) is 0 Å². The van der Waals surface area contributed by atoms with Crippen LogP contribution in [0.25, 0.3) is 0 Å². The van der Waals surface area contributed by atoms with Gasteiger partial charge in [0.15, 0.2) is 0 Å². The molecule has 0 aliphatic carbocycles. The minimum Gasteiger partial charge on any atom is -0.461 e. The molecule has 1 unspecified atom stereocenters. The van der Waals surface area contributed by atoms with E-state index in [4.69, 9.17) is 4.74 Å². The molecular weight excluding hydrogens is 142 g/mol. The molecule has 0 saturated carbocycles. The molecule has 0 aliphatic heterocycles. The highest BCUT2D eigenvalue weighted by atomic mass is 16.5. The third-order valence-corrected chi connectivity index (χ3v) is 1.24. The maximum absolute atomic E-state index is 10.8. The summed E-state index contributed by atoms with van der Waals surface area (Å²) in [6, 6.07) is 0. The smallest absolute Gasteiger partial charge is 0.305 e. The molecule has 0 spiro atoms. The molecule has 0 bridgehead atoms. The largest absolute Gasteiger partial charge is 0.461 e. The Morgan fingerprint density at radius 2 is 2.09 bits per heavy atom. The Morgan fingerprint density at radius 1 is 1.55 bits per heavy atom. The number of rotatable bonds is 4. The van der Waals surface area contributed by atoms with E-state index < -0.39 is 0 Å². The van der Waals surface area contributed by atoms with Crippen LogP contribution in [-0.2, 0) is 9.53 Å². The molecule has 0 heterocycles. The fourth-order valence-corrected chi connectivity index (χ4v) is 0.859. The van der Waals surface area contributed by atoms with E-state index in [9.17, 15) is 4.79 Å². The van der Waals surface area contributed by atoms with Crippen molar-refractivity contribution in [1.82, 2.24) is 4.90 Å². The highest BCUT2D eigenvalue weighted by Crippen LogP contribution is 1.95. The van der Waals surface area contributed by atoms with Crippen molar-refractivity contribution in [1.29, 1.82) is 0 Å². The lowest BCUT2D eigenvalue weighted by molar-refractivity contribution is -0.148. The lowest BCUT2D eigenvalue weighted by atomic mass is 10.4. The van der Waals surface area contributed by atoms with Gasteiger partial charge in [-0.05, 0) is 21.0 Å². The van der Waals surface area contributed by atoms with Gasteiger partial charge in [0.25, 0.3) is 0 Å². The molecule has 0 fully saturated rings. The second-order valence-corrected chi connectivity index (χ2v) is 2.92. The zero-order valence-corrected chi connectivity index (χ0v) is 7.76. The Kier molecular flexibility index (Phi) is 4.86. The number of hydrogen-bond acceptors (Lipinski definition) is 3. The van der Waals surface area contributed by atoms with Crippen molar-refractivity contribution in [3.63, 3.8) is 0 Å². The number of nitrogens with zero attached hydrogens (tertiary/aromatic N) is 1. The van der Waals surface area contributed by atoms with Crippen LogP contribution >= 0.6 is 0 Å². The van der Waals surface area contributed by atoms with Crippen LogP contribution in [0.5, 0.6) is 0 Å². The number of ether oxygens (including phenoxy) is 1. The number of hydrogen-bond donors (Lipinski definition) is 0. The summed E-state index contributed by atoms with van der Waals surface area (Å²) in [5.74, 6) is -0.126. The van der Waals surface area contributed by atoms with Gasteiger partial charge in [0.1, 0.15) is 6.10 Å². The lowest BCUT2D eigenvalue weighted by Gasteiger charge is -2.16. The van der Waals surface area contributed by atoms with Gasteiger partial charge in [-0.25, -0.2) is 0 Å². The molecule has 0 aromatic heterocycles. The molecule has 0 rings (SSSR count). The SMILES string of the molecule is CCC(=O)OC(C)CN(C)C. The highest BCUT2D eigenvalue weighted by Gasteiger charge is 2.07. The Labute approximate surface area is 68.3 Å². The highest BCUT2D eigenvalue weighted by molar-refractivity contribution is 5.69. The number of carbonyl (C=O) groups is 1. The van der Waals surface area contributed by atoms with E-state index in [0.29, 0.717) is 6.42 Å². The van der Waals surface area contributed by atoms with Gasteiger partial charge in [-0.1, -0.05) is 6.92 Å². The predicted molar refractivity (Wildman–Crippen MR) is 44.4 cm³/mol. The third-order valence-electron chi connectivity index (χ3n) is 1.24. The van der Waals surface area contributed by atoms with Gasteiger partial charge in [-0.3, -0.25) is 4.79 Å². The molecule has 1 atom stereocenters. The number of carbonyl (C=O) groups excluding carboxylic acids is 1. The van der Waals surface area contributed by atoms with Gasteiger partial charge >= 0.3 is 5.97 Å². The van der Waals surface area contributed by atoms with E-state index in [1.54, 1.807) is 6.92 Å². The molecule has 0 N–H and O–H groups in total. The molecule has 0 radical (unpaired) electrons. The third kappa shape index (κ3) is 5.85. The molecule has 11 heavy (non-hydrogen) atoms. The standard InChI is InChI=1S/C8H17NO2/c1-5-8(10)11-7(2)6-9(3)4/h7H,5-6H2,1-4H3. The van der Waals surface area contributed by atoms with Crippen LogP contribution in [0, 0.1) is 0 Å². The summed E-state index contributed by atoms with van der Waals surface area (Å²) in [5, 5.41) is 0. The number of esters is 1. The van der Waals surface area contributed by atoms with Crippen molar-refractivity contribution in [3.05, 3.63) is 0 Å². The molecular formula is C8H17NO2. The first-order chi connectivity index (χ1) is 5.06. The van der Waals surface area contributed by atoms with E-state index in [2.05, 4.69) is 0 Å². The first-order valence-electron chi connectivity index (χ1n) is 3.90. The summed E-state index contributed by atoms with van der Waals surface area (Å²) in [6.07, 6.45) is 0.454. The van der Waals surface area contributed by atoms with Crippen LogP contribution in [0.1, 0.15) is 20.3 Å². The van der Waals surface area contributed by atoms with Gasteiger partial charge in [-0.2, -0.15) is 0 Å². The van der Waals surface area contributed by atoms with Crippen LogP contribution < -0.4 is 0 Å². The summed E-state index contributed by atoms with van der Waals surface area (Å²) in [4.78, 5) is 12.8. The first-order valence-corrected chi connectivity index (χ1v) is 3.90. The molecule has 66 valence electrons. The Bertz CT molecular complexity index is 123. The van der Waals surface area contributed by atoms with Gasteiger partial charge in [0, 0.05) is 13.0 Å². The number of likely N-dealkylation sites (N-methyl/N-ethyl adjacent to an activating group) is 1. The van der Waals surface area contributed by atoms with E-state index in [1.807, 2.05) is 25.9 Å². The van der Waals surface area contributed by atoms with Crippen LogP contribution in [-0.4, -0.2) is 37.6 Å². The Balaban J connectivity index is 3.51. The van der Waals surface area contributed by atoms with Crippen molar-refractivity contribution in [3.8, 4) is 0 Å². The van der Waals surface area contributed by atoms with Crippen LogP contribution in [0.4, 0.5) is 0 Å². The van der Waals surface area contributed by atoms with Crippen LogP contribution in [0.3, 0.4) is 0 Å². The molecule has 0 aliphatic rings. The summed E-state index contributed by atoms with van der Waals surface area (Å²) in [6.45, 7) is 4.48. The zero-order valence-electron chi connectivity index (χ0n) is 7.76. The second-order valence-electron chi connectivity index (χ2n) is 2.92. The second kappa shape index (κ2) is 5.13. The monoisotopic (exact) mass is 159 g/mol. The quantitative estimate of drug-likeness (QED) is 0.570. The van der Waals surface area contributed by atoms with E-state index in [-0.39, 0.29) is 12.1 Å². The average Bonchev–Trinajstić information content (AvgIpc) is 1.85. The fraction of sp³-hybridized carbons (Fsp3) is 0.875. The Morgan fingerprint density at radius 3 is 2.45 bits per heavy atom.